The van der Waals surface area contributed by atoms with Gasteiger partial charge in [0.25, 0.3) is 0 Å². The van der Waals surface area contributed by atoms with Crippen LogP contribution in [0.1, 0.15) is 23.2 Å². The predicted molar refractivity (Wildman–Crippen MR) is 73.3 cm³/mol. The van der Waals surface area contributed by atoms with Crippen LogP contribution in [0.4, 0.5) is 5.69 Å². The highest BCUT2D eigenvalue weighted by Crippen LogP contribution is 2.34. The van der Waals surface area contributed by atoms with E-state index in [0.29, 0.717) is 10.7 Å². The SMILES string of the molecule is CN(C)CCNc1cc(Cl)ncc1C(=O)C1CC1. The van der Waals surface area contributed by atoms with Crippen molar-refractivity contribution in [3.63, 3.8) is 0 Å². The molecule has 2 rings (SSSR count). The third-order valence-corrected chi connectivity index (χ3v) is 3.17. The van der Waals surface area contributed by atoms with E-state index in [4.69, 9.17) is 11.6 Å². The van der Waals surface area contributed by atoms with Gasteiger partial charge in [-0.25, -0.2) is 4.98 Å². The molecular formula is C13H18ClN3O. The zero-order valence-electron chi connectivity index (χ0n) is 10.7. The summed E-state index contributed by atoms with van der Waals surface area (Å²) in [7, 11) is 4.02. The third-order valence-electron chi connectivity index (χ3n) is 2.96. The maximum Gasteiger partial charge on any atom is 0.169 e. The van der Waals surface area contributed by atoms with Gasteiger partial charge in [0.2, 0.25) is 0 Å². The van der Waals surface area contributed by atoms with Gasteiger partial charge in [0.1, 0.15) is 5.15 Å². The summed E-state index contributed by atoms with van der Waals surface area (Å²) in [5.74, 6) is 0.383. The molecule has 98 valence electrons. The van der Waals surface area contributed by atoms with Gasteiger partial charge in [-0.15, -0.1) is 0 Å². The Labute approximate surface area is 112 Å². The Balaban J connectivity index is 2.10. The molecule has 0 aromatic carbocycles. The molecule has 1 aliphatic carbocycles. The molecule has 1 fully saturated rings. The largest absolute Gasteiger partial charge is 0.383 e. The topological polar surface area (TPSA) is 45.2 Å². The first-order chi connectivity index (χ1) is 8.58. The summed E-state index contributed by atoms with van der Waals surface area (Å²) in [4.78, 5) is 18.2. The molecule has 0 amide bonds. The first-order valence-electron chi connectivity index (χ1n) is 6.16. The quantitative estimate of drug-likeness (QED) is 0.635. The molecule has 1 saturated carbocycles. The Morgan fingerprint density at radius 1 is 1.56 bits per heavy atom. The maximum absolute atomic E-state index is 12.1. The minimum atomic E-state index is 0.187. The van der Waals surface area contributed by atoms with E-state index in [0.717, 1.165) is 31.6 Å². The first kappa shape index (κ1) is 13.3. The number of anilines is 1. The molecule has 0 unspecified atom stereocenters. The van der Waals surface area contributed by atoms with Gasteiger partial charge in [0.05, 0.1) is 5.56 Å². The molecule has 4 nitrogen and oxygen atoms in total. The van der Waals surface area contributed by atoms with Gasteiger partial charge >= 0.3 is 0 Å². The van der Waals surface area contributed by atoms with Crippen molar-refractivity contribution < 1.29 is 4.79 Å². The highest BCUT2D eigenvalue weighted by molar-refractivity contribution is 6.29. The van der Waals surface area contributed by atoms with Crippen molar-refractivity contribution in [1.82, 2.24) is 9.88 Å². The fourth-order valence-corrected chi connectivity index (χ4v) is 1.91. The van der Waals surface area contributed by atoms with E-state index >= 15 is 0 Å². The normalized spacial score (nSPS) is 14.9. The Morgan fingerprint density at radius 3 is 2.89 bits per heavy atom. The van der Waals surface area contributed by atoms with Gasteiger partial charge in [-0.1, -0.05) is 11.6 Å². The van der Waals surface area contributed by atoms with E-state index in [9.17, 15) is 4.79 Å². The Kier molecular flexibility index (Phi) is 4.19. The summed E-state index contributed by atoms with van der Waals surface area (Å²) in [6, 6.07) is 1.73. The Bertz CT molecular complexity index is 444. The standard InChI is InChI=1S/C13H18ClN3O/c1-17(2)6-5-15-11-7-12(14)16-8-10(11)13(18)9-3-4-9/h7-9H,3-6H2,1-2H3,(H,15,16). The number of hydrogen-bond acceptors (Lipinski definition) is 4. The summed E-state index contributed by atoms with van der Waals surface area (Å²) in [5.41, 5.74) is 1.47. The fraction of sp³-hybridized carbons (Fsp3) is 0.538. The van der Waals surface area contributed by atoms with Gasteiger partial charge in [-0.3, -0.25) is 4.79 Å². The van der Waals surface area contributed by atoms with E-state index in [1.54, 1.807) is 12.3 Å². The van der Waals surface area contributed by atoms with Crippen LogP contribution in [0, 0.1) is 5.92 Å². The van der Waals surface area contributed by atoms with Gasteiger partial charge in [-0.05, 0) is 33.0 Å². The number of hydrogen-bond donors (Lipinski definition) is 1. The van der Waals surface area contributed by atoms with E-state index < -0.39 is 0 Å². The average molecular weight is 268 g/mol. The number of halogens is 1. The maximum atomic E-state index is 12.1. The minimum Gasteiger partial charge on any atom is -0.383 e. The van der Waals surface area contributed by atoms with Crippen LogP contribution in [0.5, 0.6) is 0 Å². The van der Waals surface area contributed by atoms with E-state index in [1.807, 2.05) is 14.1 Å². The molecular weight excluding hydrogens is 250 g/mol. The zero-order valence-corrected chi connectivity index (χ0v) is 11.5. The number of aromatic nitrogens is 1. The molecule has 0 aliphatic heterocycles. The van der Waals surface area contributed by atoms with E-state index in [2.05, 4.69) is 15.2 Å². The summed E-state index contributed by atoms with van der Waals surface area (Å²) < 4.78 is 0. The number of nitrogens with one attached hydrogen (secondary N) is 1. The van der Waals surface area contributed by atoms with Crippen LogP contribution >= 0.6 is 11.6 Å². The number of nitrogens with zero attached hydrogens (tertiary/aromatic N) is 2. The molecule has 1 aromatic rings. The van der Waals surface area contributed by atoms with Crippen LogP contribution < -0.4 is 5.32 Å². The molecule has 0 saturated heterocycles. The van der Waals surface area contributed by atoms with Crippen LogP contribution in [-0.2, 0) is 0 Å². The van der Waals surface area contributed by atoms with Crippen LogP contribution in [-0.4, -0.2) is 42.9 Å². The second-order valence-electron chi connectivity index (χ2n) is 4.92. The van der Waals surface area contributed by atoms with Crippen molar-refractivity contribution in [3.05, 3.63) is 23.0 Å². The smallest absolute Gasteiger partial charge is 0.169 e. The molecule has 0 radical (unpaired) electrons. The molecule has 1 aromatic heterocycles. The number of carbonyl (C=O) groups is 1. The summed E-state index contributed by atoms with van der Waals surface area (Å²) in [6.45, 7) is 1.68. The lowest BCUT2D eigenvalue weighted by atomic mass is 10.1. The fourth-order valence-electron chi connectivity index (χ4n) is 1.75. The third kappa shape index (κ3) is 3.43. The van der Waals surface area contributed by atoms with Crippen LogP contribution in [0.3, 0.4) is 0 Å². The number of carbonyl (C=O) groups excluding carboxylic acids is 1. The molecule has 18 heavy (non-hydrogen) atoms. The number of Topliss-reactive ketones (excluding diaryl/α,β-unsaturated/α-hetero) is 1. The molecule has 5 heteroatoms. The van der Waals surface area contributed by atoms with Crippen molar-refractivity contribution in [3.8, 4) is 0 Å². The number of pyridine rings is 1. The molecule has 1 N–H and O–H groups in total. The van der Waals surface area contributed by atoms with Crippen molar-refractivity contribution in [2.45, 2.75) is 12.8 Å². The number of rotatable bonds is 6. The van der Waals surface area contributed by atoms with E-state index in [1.165, 1.54) is 0 Å². The van der Waals surface area contributed by atoms with Gasteiger partial charge < -0.3 is 10.2 Å². The molecule has 1 heterocycles. The Morgan fingerprint density at radius 2 is 2.28 bits per heavy atom. The first-order valence-corrected chi connectivity index (χ1v) is 6.54. The molecule has 0 bridgehead atoms. The lowest BCUT2D eigenvalue weighted by Gasteiger charge is -2.14. The summed E-state index contributed by atoms with van der Waals surface area (Å²) in [6.07, 6.45) is 3.58. The van der Waals surface area contributed by atoms with Gasteiger partial charge in [-0.2, -0.15) is 0 Å². The molecule has 1 aliphatic rings. The van der Waals surface area contributed by atoms with Crippen LogP contribution in [0.2, 0.25) is 5.15 Å². The number of likely N-dealkylation sites (N-methyl/N-ethyl adjacent to an activating group) is 1. The molecule has 0 spiro atoms. The van der Waals surface area contributed by atoms with Crippen molar-refractivity contribution in [2.24, 2.45) is 5.92 Å². The second kappa shape index (κ2) is 5.67. The van der Waals surface area contributed by atoms with Crippen LogP contribution in [0.25, 0.3) is 0 Å². The highest BCUT2D eigenvalue weighted by Gasteiger charge is 2.32. The van der Waals surface area contributed by atoms with Crippen molar-refractivity contribution in [1.29, 1.82) is 0 Å². The highest BCUT2D eigenvalue weighted by atomic mass is 35.5. The summed E-state index contributed by atoms with van der Waals surface area (Å²) in [5, 5.41) is 3.67. The summed E-state index contributed by atoms with van der Waals surface area (Å²) >= 11 is 5.89. The predicted octanol–water partition coefficient (Wildman–Crippen LogP) is 2.30. The second-order valence-corrected chi connectivity index (χ2v) is 5.31. The lowest BCUT2D eigenvalue weighted by Crippen LogP contribution is -2.21. The zero-order chi connectivity index (χ0) is 13.1. The van der Waals surface area contributed by atoms with Crippen molar-refractivity contribution >= 4 is 23.1 Å². The van der Waals surface area contributed by atoms with Crippen molar-refractivity contribution in [2.75, 3.05) is 32.5 Å². The minimum absolute atomic E-state index is 0.187. The van der Waals surface area contributed by atoms with Gasteiger partial charge in [0.15, 0.2) is 5.78 Å². The number of ketones is 1. The lowest BCUT2D eigenvalue weighted by molar-refractivity contribution is 0.0968. The monoisotopic (exact) mass is 267 g/mol. The van der Waals surface area contributed by atoms with E-state index in [-0.39, 0.29) is 11.7 Å². The van der Waals surface area contributed by atoms with Gasteiger partial charge in [0, 0.05) is 30.9 Å². The molecule has 0 atom stereocenters. The Hall–Kier alpha value is -1.13. The average Bonchev–Trinajstić information content (AvgIpc) is 3.11. The van der Waals surface area contributed by atoms with Crippen LogP contribution in [0.15, 0.2) is 12.3 Å².